The van der Waals surface area contributed by atoms with E-state index in [0.29, 0.717) is 33.8 Å². The summed E-state index contributed by atoms with van der Waals surface area (Å²) in [6.07, 6.45) is 1.71. The molecule has 5 rings (SSSR count). The second kappa shape index (κ2) is 12.3. The summed E-state index contributed by atoms with van der Waals surface area (Å²) in [6, 6.07) is 26.9. The average Bonchev–Trinajstić information content (AvgIpc) is 2.95. The molecule has 0 saturated carbocycles. The van der Waals surface area contributed by atoms with Crippen LogP contribution >= 0.6 is 23.2 Å². The van der Waals surface area contributed by atoms with E-state index in [1.165, 1.54) is 5.56 Å². The number of carbonyl (C=O) groups is 1. The molecular weight excluding hydrogens is 519 g/mol. The minimum Gasteiger partial charge on any atom is -0.439 e. The van der Waals surface area contributed by atoms with Crippen molar-refractivity contribution in [2.45, 2.75) is 13.1 Å². The van der Waals surface area contributed by atoms with Crippen molar-refractivity contribution in [2.24, 2.45) is 0 Å². The third-order valence-electron chi connectivity index (χ3n) is 6.45. The SMILES string of the molecule is O=C(c1ccc(Oc2ccc(NCc3ccc(Cl)c(Cl)c3)cn2)cc1)N1CCN(Cc2ccccc2)CC1. The molecule has 0 spiro atoms. The van der Waals surface area contributed by atoms with Crippen LogP contribution in [0.1, 0.15) is 21.5 Å². The first kappa shape index (κ1) is 26.0. The molecular formula is C30H28Cl2N4O2. The number of anilines is 1. The second-order valence-corrected chi connectivity index (χ2v) is 9.98. The van der Waals surface area contributed by atoms with Gasteiger partial charge in [-0.25, -0.2) is 4.98 Å². The van der Waals surface area contributed by atoms with E-state index in [9.17, 15) is 4.79 Å². The van der Waals surface area contributed by atoms with Crippen molar-refractivity contribution in [3.63, 3.8) is 0 Å². The first-order valence-electron chi connectivity index (χ1n) is 12.5. The molecule has 0 radical (unpaired) electrons. The molecule has 1 amide bonds. The molecule has 0 unspecified atom stereocenters. The fraction of sp³-hybridized carbons (Fsp3) is 0.200. The molecule has 0 bridgehead atoms. The largest absolute Gasteiger partial charge is 0.439 e. The van der Waals surface area contributed by atoms with Gasteiger partial charge in [0.15, 0.2) is 0 Å². The lowest BCUT2D eigenvalue weighted by molar-refractivity contribution is 0.0628. The maximum Gasteiger partial charge on any atom is 0.253 e. The van der Waals surface area contributed by atoms with Crippen LogP contribution in [0.4, 0.5) is 5.69 Å². The predicted molar refractivity (Wildman–Crippen MR) is 152 cm³/mol. The zero-order valence-electron chi connectivity index (χ0n) is 20.8. The molecule has 0 atom stereocenters. The highest BCUT2D eigenvalue weighted by Crippen LogP contribution is 2.24. The average molecular weight is 547 g/mol. The lowest BCUT2D eigenvalue weighted by Gasteiger charge is -2.34. The van der Waals surface area contributed by atoms with Crippen LogP contribution in [0.2, 0.25) is 10.0 Å². The highest BCUT2D eigenvalue weighted by Gasteiger charge is 2.22. The molecule has 8 heteroatoms. The van der Waals surface area contributed by atoms with Gasteiger partial charge in [0.05, 0.1) is 21.9 Å². The molecule has 3 aromatic carbocycles. The number of piperazine rings is 1. The van der Waals surface area contributed by atoms with Gasteiger partial charge < -0.3 is 15.0 Å². The Morgan fingerprint density at radius 2 is 1.61 bits per heavy atom. The van der Waals surface area contributed by atoms with Gasteiger partial charge in [-0.2, -0.15) is 0 Å². The second-order valence-electron chi connectivity index (χ2n) is 9.17. The van der Waals surface area contributed by atoms with Crippen molar-refractivity contribution in [1.29, 1.82) is 0 Å². The zero-order valence-corrected chi connectivity index (χ0v) is 22.3. The lowest BCUT2D eigenvalue weighted by Crippen LogP contribution is -2.48. The molecule has 1 aromatic heterocycles. The molecule has 6 nitrogen and oxygen atoms in total. The van der Waals surface area contributed by atoms with Crippen molar-refractivity contribution >= 4 is 34.8 Å². The van der Waals surface area contributed by atoms with Crippen LogP contribution in [0.5, 0.6) is 11.6 Å². The quantitative estimate of drug-likeness (QED) is 0.265. The van der Waals surface area contributed by atoms with Gasteiger partial charge in [0, 0.05) is 50.9 Å². The number of ether oxygens (including phenoxy) is 1. The van der Waals surface area contributed by atoms with Gasteiger partial charge in [-0.15, -0.1) is 0 Å². The van der Waals surface area contributed by atoms with Gasteiger partial charge in [-0.05, 0) is 53.6 Å². The van der Waals surface area contributed by atoms with E-state index in [0.717, 1.165) is 44.0 Å². The van der Waals surface area contributed by atoms with E-state index < -0.39 is 0 Å². The molecule has 38 heavy (non-hydrogen) atoms. The molecule has 4 aromatic rings. The number of hydrogen-bond donors (Lipinski definition) is 1. The van der Waals surface area contributed by atoms with Gasteiger partial charge >= 0.3 is 0 Å². The number of nitrogens with one attached hydrogen (secondary N) is 1. The van der Waals surface area contributed by atoms with Gasteiger partial charge in [-0.3, -0.25) is 9.69 Å². The Labute approximate surface area is 232 Å². The zero-order chi connectivity index (χ0) is 26.3. The summed E-state index contributed by atoms with van der Waals surface area (Å²) in [7, 11) is 0. The molecule has 194 valence electrons. The minimum atomic E-state index is 0.0476. The van der Waals surface area contributed by atoms with Gasteiger partial charge in [0.2, 0.25) is 5.88 Å². The third-order valence-corrected chi connectivity index (χ3v) is 7.19. The molecule has 0 aliphatic carbocycles. The molecule has 1 fully saturated rings. The van der Waals surface area contributed by atoms with Crippen molar-refractivity contribution in [2.75, 3.05) is 31.5 Å². The summed E-state index contributed by atoms with van der Waals surface area (Å²) in [6.45, 7) is 4.68. The van der Waals surface area contributed by atoms with Gasteiger partial charge in [0.25, 0.3) is 5.91 Å². The van der Waals surface area contributed by atoms with E-state index in [1.54, 1.807) is 42.6 Å². The maximum absolute atomic E-state index is 13.0. The summed E-state index contributed by atoms with van der Waals surface area (Å²) in [5.74, 6) is 1.14. The van der Waals surface area contributed by atoms with Crippen LogP contribution in [0.15, 0.2) is 91.1 Å². The Kier molecular flexibility index (Phi) is 8.44. The van der Waals surface area contributed by atoms with Crippen LogP contribution < -0.4 is 10.1 Å². The molecule has 1 saturated heterocycles. The first-order chi connectivity index (χ1) is 18.5. The smallest absolute Gasteiger partial charge is 0.253 e. The van der Waals surface area contributed by atoms with Crippen LogP contribution in [0.25, 0.3) is 0 Å². The first-order valence-corrected chi connectivity index (χ1v) is 13.3. The van der Waals surface area contributed by atoms with Crippen molar-refractivity contribution < 1.29 is 9.53 Å². The number of rotatable bonds is 8. The maximum atomic E-state index is 13.0. The summed E-state index contributed by atoms with van der Waals surface area (Å²) >= 11 is 12.1. The van der Waals surface area contributed by atoms with Gasteiger partial charge in [-0.1, -0.05) is 59.6 Å². The summed E-state index contributed by atoms with van der Waals surface area (Å²) in [4.78, 5) is 21.7. The van der Waals surface area contributed by atoms with E-state index in [1.807, 2.05) is 29.2 Å². The van der Waals surface area contributed by atoms with Crippen molar-refractivity contribution in [3.8, 4) is 11.6 Å². The number of amides is 1. The topological polar surface area (TPSA) is 57.7 Å². The lowest BCUT2D eigenvalue weighted by atomic mass is 10.1. The van der Waals surface area contributed by atoms with Crippen LogP contribution in [0, 0.1) is 0 Å². The number of nitrogens with zero attached hydrogens (tertiary/aromatic N) is 3. The van der Waals surface area contributed by atoms with Crippen molar-refractivity contribution in [1.82, 2.24) is 14.8 Å². The number of pyridine rings is 1. The Bertz CT molecular complexity index is 1360. The number of aromatic nitrogens is 1. The van der Waals surface area contributed by atoms with Crippen LogP contribution in [-0.2, 0) is 13.1 Å². The molecule has 1 N–H and O–H groups in total. The number of carbonyl (C=O) groups excluding carboxylic acids is 1. The number of benzene rings is 3. The predicted octanol–water partition coefficient (Wildman–Crippen LogP) is 6.75. The highest BCUT2D eigenvalue weighted by atomic mass is 35.5. The Hall–Kier alpha value is -3.58. The third kappa shape index (κ3) is 6.84. The van der Waals surface area contributed by atoms with E-state index in [-0.39, 0.29) is 5.91 Å². The van der Waals surface area contributed by atoms with E-state index in [4.69, 9.17) is 27.9 Å². The molecule has 1 aliphatic heterocycles. The fourth-order valence-electron chi connectivity index (χ4n) is 4.32. The fourth-order valence-corrected chi connectivity index (χ4v) is 4.64. The summed E-state index contributed by atoms with van der Waals surface area (Å²) in [5, 5.41) is 4.36. The van der Waals surface area contributed by atoms with Crippen LogP contribution in [-0.4, -0.2) is 46.9 Å². The minimum absolute atomic E-state index is 0.0476. The molecule has 1 aliphatic rings. The monoisotopic (exact) mass is 546 g/mol. The number of hydrogen-bond acceptors (Lipinski definition) is 5. The summed E-state index contributed by atoms with van der Waals surface area (Å²) < 4.78 is 5.87. The standard InChI is InChI=1S/C30H28Cl2N4O2/c31-27-12-6-23(18-28(27)32)19-33-25-9-13-29(34-20-25)38-26-10-7-24(8-11-26)30(37)36-16-14-35(15-17-36)21-22-4-2-1-3-5-22/h1-13,18,20,33H,14-17,19,21H2. The van der Waals surface area contributed by atoms with Gasteiger partial charge in [0.1, 0.15) is 5.75 Å². The number of halogens is 2. The van der Waals surface area contributed by atoms with Crippen molar-refractivity contribution in [3.05, 3.63) is 118 Å². The highest BCUT2D eigenvalue weighted by molar-refractivity contribution is 6.42. The Morgan fingerprint density at radius 3 is 2.29 bits per heavy atom. The van der Waals surface area contributed by atoms with E-state index in [2.05, 4.69) is 39.5 Å². The van der Waals surface area contributed by atoms with Crippen LogP contribution in [0.3, 0.4) is 0 Å². The van der Waals surface area contributed by atoms with E-state index >= 15 is 0 Å². The normalized spacial score (nSPS) is 13.8. The summed E-state index contributed by atoms with van der Waals surface area (Å²) in [5.41, 5.74) is 3.83. The Morgan fingerprint density at radius 1 is 0.842 bits per heavy atom. The molecule has 2 heterocycles. The Balaban J connectivity index is 1.10.